The maximum atomic E-state index is 13.3. The van der Waals surface area contributed by atoms with Crippen LogP contribution in [0.3, 0.4) is 0 Å². The summed E-state index contributed by atoms with van der Waals surface area (Å²) in [5.41, 5.74) is 1.21. The van der Waals surface area contributed by atoms with E-state index in [1.165, 1.54) is 56.6 Å². The van der Waals surface area contributed by atoms with Crippen LogP contribution in [0.4, 0.5) is 5.69 Å². The first-order chi connectivity index (χ1) is 17.3. The number of Topliss-reactive ketones (excluding diaryl/α,β-unsaturated/α-hetero) is 1. The number of esters is 1. The van der Waals surface area contributed by atoms with Crippen LogP contribution in [0.15, 0.2) is 72.3 Å². The van der Waals surface area contributed by atoms with Crippen LogP contribution in [0, 0.1) is 0 Å². The largest absolute Gasteiger partial charge is 0.507 e. The average Bonchev–Trinajstić information content (AvgIpc) is 3.17. The highest BCUT2D eigenvalue weighted by molar-refractivity contribution is 6.51. The zero-order valence-electron chi connectivity index (χ0n) is 19.7. The molecule has 3 aromatic carbocycles. The first-order valence-electron chi connectivity index (χ1n) is 10.8. The summed E-state index contributed by atoms with van der Waals surface area (Å²) < 4.78 is 15.3. The van der Waals surface area contributed by atoms with Gasteiger partial charge in [0.2, 0.25) is 0 Å². The number of hydrogen-bond acceptors (Lipinski definition) is 7. The van der Waals surface area contributed by atoms with Crippen LogP contribution in [0.1, 0.15) is 27.5 Å². The Hall–Kier alpha value is -4.30. The Balaban J connectivity index is 1.93. The number of anilines is 1. The molecular formula is C27H22ClNO7. The molecule has 1 N–H and O–H groups in total. The molecule has 36 heavy (non-hydrogen) atoms. The number of halogens is 1. The fourth-order valence-electron chi connectivity index (χ4n) is 4.09. The van der Waals surface area contributed by atoms with E-state index in [0.717, 1.165) is 0 Å². The van der Waals surface area contributed by atoms with Crippen molar-refractivity contribution >= 4 is 40.7 Å². The SMILES string of the molecule is COC(=O)c1ccc(N2C(=O)C(=O)/C(=C(/O)c3cc(Cl)ccc3OC)C2c2ccc(OC)cc2)cc1. The summed E-state index contributed by atoms with van der Waals surface area (Å²) in [6.45, 7) is 0. The smallest absolute Gasteiger partial charge is 0.337 e. The van der Waals surface area contributed by atoms with Gasteiger partial charge in [0.1, 0.15) is 17.3 Å². The van der Waals surface area contributed by atoms with E-state index in [4.69, 9.17) is 25.8 Å². The molecule has 8 nitrogen and oxygen atoms in total. The average molecular weight is 508 g/mol. The van der Waals surface area contributed by atoms with Crippen molar-refractivity contribution in [3.8, 4) is 11.5 Å². The van der Waals surface area contributed by atoms with E-state index in [1.807, 2.05) is 0 Å². The molecule has 0 aromatic heterocycles. The fraction of sp³-hybridized carbons (Fsp3) is 0.148. The standard InChI is InChI=1S/C27H22ClNO7/c1-34-19-11-6-15(7-12-19)23-22(24(30)20-14-17(28)8-13-21(20)35-2)25(31)26(32)29(23)18-9-4-16(5-10-18)27(33)36-3/h4-14,23,30H,1-3H3/b24-22+. The maximum absolute atomic E-state index is 13.3. The molecule has 3 aromatic rings. The number of ketones is 1. The van der Waals surface area contributed by atoms with E-state index in [1.54, 1.807) is 36.4 Å². The molecule has 1 heterocycles. The van der Waals surface area contributed by atoms with Gasteiger partial charge in [-0.1, -0.05) is 23.7 Å². The van der Waals surface area contributed by atoms with Gasteiger partial charge in [-0.05, 0) is 60.2 Å². The highest BCUT2D eigenvalue weighted by Gasteiger charge is 2.47. The highest BCUT2D eigenvalue weighted by Crippen LogP contribution is 2.44. The molecule has 0 radical (unpaired) electrons. The third kappa shape index (κ3) is 4.38. The molecule has 1 aliphatic rings. The van der Waals surface area contributed by atoms with Gasteiger partial charge in [-0.2, -0.15) is 0 Å². The van der Waals surface area contributed by atoms with Crippen molar-refractivity contribution < 1.29 is 33.7 Å². The van der Waals surface area contributed by atoms with Crippen LogP contribution in [0.25, 0.3) is 5.76 Å². The third-order valence-corrected chi connectivity index (χ3v) is 6.09. The summed E-state index contributed by atoms with van der Waals surface area (Å²) in [4.78, 5) is 39.8. The van der Waals surface area contributed by atoms with Crippen LogP contribution in [-0.2, 0) is 14.3 Å². The maximum Gasteiger partial charge on any atom is 0.337 e. The van der Waals surface area contributed by atoms with E-state index in [2.05, 4.69) is 0 Å². The van der Waals surface area contributed by atoms with Crippen LogP contribution < -0.4 is 14.4 Å². The molecule has 1 saturated heterocycles. The number of nitrogens with zero attached hydrogens (tertiary/aromatic N) is 1. The first-order valence-corrected chi connectivity index (χ1v) is 11.2. The lowest BCUT2D eigenvalue weighted by atomic mass is 9.94. The van der Waals surface area contributed by atoms with Crippen LogP contribution in [0.2, 0.25) is 5.02 Å². The molecule has 0 aliphatic carbocycles. The van der Waals surface area contributed by atoms with Crippen LogP contribution >= 0.6 is 11.6 Å². The first kappa shape index (κ1) is 24.8. The van der Waals surface area contributed by atoms with Crippen molar-refractivity contribution in [2.24, 2.45) is 0 Å². The molecule has 0 bridgehead atoms. The summed E-state index contributed by atoms with van der Waals surface area (Å²) in [6.07, 6.45) is 0. The molecule has 4 rings (SSSR count). The molecule has 0 spiro atoms. The number of benzene rings is 3. The summed E-state index contributed by atoms with van der Waals surface area (Å²) in [7, 11) is 4.21. The van der Waals surface area contributed by atoms with Crippen LogP contribution in [0.5, 0.6) is 11.5 Å². The van der Waals surface area contributed by atoms with E-state index in [0.29, 0.717) is 22.0 Å². The van der Waals surface area contributed by atoms with Crippen molar-refractivity contribution in [1.82, 2.24) is 0 Å². The van der Waals surface area contributed by atoms with E-state index in [-0.39, 0.29) is 22.4 Å². The summed E-state index contributed by atoms with van der Waals surface area (Å²) in [6, 6.07) is 16.5. The van der Waals surface area contributed by atoms with E-state index < -0.39 is 29.5 Å². The quantitative estimate of drug-likeness (QED) is 0.222. The van der Waals surface area contributed by atoms with Gasteiger partial charge in [0.25, 0.3) is 11.7 Å². The minimum Gasteiger partial charge on any atom is -0.507 e. The zero-order valence-corrected chi connectivity index (χ0v) is 20.4. The summed E-state index contributed by atoms with van der Waals surface area (Å²) >= 11 is 6.15. The predicted octanol–water partition coefficient (Wildman–Crippen LogP) is 4.77. The number of ether oxygens (including phenoxy) is 3. The third-order valence-electron chi connectivity index (χ3n) is 5.86. The minimum absolute atomic E-state index is 0.136. The Morgan fingerprint density at radius 1 is 0.917 bits per heavy atom. The van der Waals surface area contributed by atoms with Gasteiger partial charge < -0.3 is 19.3 Å². The Bertz CT molecular complexity index is 1360. The molecule has 0 saturated carbocycles. The highest BCUT2D eigenvalue weighted by atomic mass is 35.5. The lowest BCUT2D eigenvalue weighted by molar-refractivity contribution is -0.132. The predicted molar refractivity (Wildman–Crippen MR) is 134 cm³/mol. The molecule has 1 aliphatic heterocycles. The second-order valence-electron chi connectivity index (χ2n) is 7.83. The number of amides is 1. The fourth-order valence-corrected chi connectivity index (χ4v) is 4.26. The van der Waals surface area contributed by atoms with Crippen molar-refractivity contribution in [3.05, 3.63) is 94.0 Å². The number of hydrogen-bond donors (Lipinski definition) is 1. The van der Waals surface area contributed by atoms with Crippen LogP contribution in [-0.4, -0.2) is 44.1 Å². The van der Waals surface area contributed by atoms with Gasteiger partial charge in [0, 0.05) is 10.7 Å². The summed E-state index contributed by atoms with van der Waals surface area (Å²) in [5.74, 6) is -1.84. The Kier molecular flexibility index (Phi) is 6.98. The van der Waals surface area contributed by atoms with Gasteiger partial charge >= 0.3 is 5.97 Å². The van der Waals surface area contributed by atoms with Crippen molar-refractivity contribution in [2.45, 2.75) is 6.04 Å². The lowest BCUT2D eigenvalue weighted by Crippen LogP contribution is -2.29. The minimum atomic E-state index is -0.983. The Labute approximate surface area is 212 Å². The molecule has 184 valence electrons. The monoisotopic (exact) mass is 507 g/mol. The zero-order chi connectivity index (χ0) is 26.0. The number of rotatable bonds is 6. The number of aliphatic hydroxyl groups is 1. The molecular weight excluding hydrogens is 486 g/mol. The van der Waals surface area contributed by atoms with Gasteiger partial charge in [-0.15, -0.1) is 0 Å². The van der Waals surface area contributed by atoms with Crippen molar-refractivity contribution in [2.75, 3.05) is 26.2 Å². The number of carbonyl (C=O) groups is 3. The van der Waals surface area contributed by atoms with Gasteiger partial charge in [0.15, 0.2) is 0 Å². The number of carbonyl (C=O) groups excluding carboxylic acids is 3. The van der Waals surface area contributed by atoms with Crippen molar-refractivity contribution in [1.29, 1.82) is 0 Å². The van der Waals surface area contributed by atoms with Crippen molar-refractivity contribution in [3.63, 3.8) is 0 Å². The molecule has 1 fully saturated rings. The summed E-state index contributed by atoms with van der Waals surface area (Å²) in [5, 5.41) is 11.7. The Morgan fingerprint density at radius 3 is 2.17 bits per heavy atom. The Morgan fingerprint density at radius 2 is 1.58 bits per heavy atom. The molecule has 1 amide bonds. The lowest BCUT2D eigenvalue weighted by Gasteiger charge is -2.26. The number of aliphatic hydroxyl groups excluding tert-OH is 1. The van der Waals surface area contributed by atoms with E-state index >= 15 is 0 Å². The van der Waals surface area contributed by atoms with Gasteiger partial charge in [0.05, 0.1) is 44.1 Å². The van der Waals surface area contributed by atoms with Gasteiger partial charge in [-0.3, -0.25) is 14.5 Å². The second-order valence-corrected chi connectivity index (χ2v) is 8.26. The molecule has 9 heteroatoms. The van der Waals surface area contributed by atoms with Gasteiger partial charge in [-0.25, -0.2) is 4.79 Å². The number of methoxy groups -OCH3 is 3. The molecule has 1 unspecified atom stereocenters. The second kappa shape index (κ2) is 10.1. The normalized spacial score (nSPS) is 16.7. The van der Waals surface area contributed by atoms with E-state index in [9.17, 15) is 19.5 Å². The molecule has 1 atom stereocenters. The topological polar surface area (TPSA) is 102 Å².